The molecular weight excluding hydrogens is 109 g/mol. The van der Waals surface area contributed by atoms with Gasteiger partial charge in [0.25, 0.3) is 0 Å². The van der Waals surface area contributed by atoms with Gasteiger partial charge in [0.2, 0.25) is 0 Å². The van der Waals surface area contributed by atoms with Crippen molar-refractivity contribution in [2.45, 2.75) is 13.0 Å². The highest BCUT2D eigenvalue weighted by Crippen LogP contribution is 1.86. The van der Waals surface area contributed by atoms with Crippen LogP contribution in [0.3, 0.4) is 0 Å². The molecule has 0 amide bonds. The van der Waals surface area contributed by atoms with E-state index in [1.54, 1.807) is 14.0 Å². The van der Waals surface area contributed by atoms with Crippen LogP contribution in [0.5, 0.6) is 0 Å². The van der Waals surface area contributed by atoms with Crippen LogP contribution in [0, 0.1) is 0 Å². The summed E-state index contributed by atoms with van der Waals surface area (Å²) < 4.78 is 11.6. The number of aliphatic hydroxyl groups excluding tert-OH is 1. The Labute approximate surface area is 48.9 Å². The summed E-state index contributed by atoms with van der Waals surface area (Å²) in [6, 6.07) is 0. The molecule has 0 aliphatic heterocycles. The maximum Gasteiger partial charge on any atom is 0.142 e. The molecule has 0 saturated carbocycles. The minimum absolute atomic E-state index is 0.399. The number of hydrogen-bond acceptors (Lipinski definition) is 2. The van der Waals surface area contributed by atoms with Gasteiger partial charge in [-0.2, -0.15) is 0 Å². The molecule has 0 bridgehead atoms. The van der Waals surface area contributed by atoms with Gasteiger partial charge in [0.15, 0.2) is 0 Å². The van der Waals surface area contributed by atoms with Crippen LogP contribution in [0.4, 0.5) is 4.39 Å². The summed E-state index contributed by atoms with van der Waals surface area (Å²) in [6.07, 6.45) is -0.434. The van der Waals surface area contributed by atoms with E-state index in [0.29, 0.717) is 6.54 Å². The average Bonchev–Trinajstić information content (AvgIpc) is 1.65. The third kappa shape index (κ3) is 4.02. The van der Waals surface area contributed by atoms with Crippen LogP contribution in [0.15, 0.2) is 0 Å². The highest BCUT2D eigenvalue weighted by Gasteiger charge is 1.99. The normalized spacial score (nSPS) is 14.6. The minimum atomic E-state index is -0.495. The van der Waals surface area contributed by atoms with Gasteiger partial charge in [0.05, 0.1) is 6.10 Å². The summed E-state index contributed by atoms with van der Waals surface area (Å²) in [5.41, 5.74) is 0. The third-order valence-electron chi connectivity index (χ3n) is 0.780. The molecule has 0 aromatic heterocycles. The number of rotatable bonds is 3. The Morgan fingerprint density at radius 3 is 2.38 bits per heavy atom. The monoisotopic (exact) mass is 121 g/mol. The molecule has 3 heteroatoms. The van der Waals surface area contributed by atoms with E-state index in [1.165, 1.54) is 4.90 Å². The first-order valence-corrected chi connectivity index (χ1v) is 2.59. The van der Waals surface area contributed by atoms with Gasteiger partial charge in [-0.05, 0) is 14.0 Å². The Balaban J connectivity index is 3.10. The summed E-state index contributed by atoms with van der Waals surface area (Å²) in [6.45, 7) is 1.54. The topological polar surface area (TPSA) is 23.5 Å². The zero-order valence-corrected chi connectivity index (χ0v) is 5.26. The summed E-state index contributed by atoms with van der Waals surface area (Å²) in [4.78, 5) is 1.41. The number of likely N-dealkylation sites (N-methyl/N-ethyl adjacent to an activating group) is 1. The largest absolute Gasteiger partial charge is 0.392 e. The molecule has 0 aromatic carbocycles. The van der Waals surface area contributed by atoms with Crippen molar-refractivity contribution in [2.24, 2.45) is 0 Å². The Bertz CT molecular complexity index is 58.4. The van der Waals surface area contributed by atoms with Gasteiger partial charge in [-0.15, -0.1) is 0 Å². The molecule has 1 N–H and O–H groups in total. The summed E-state index contributed by atoms with van der Waals surface area (Å²) in [5, 5.41) is 8.65. The summed E-state index contributed by atoms with van der Waals surface area (Å²) in [7, 11) is 1.62. The molecule has 8 heavy (non-hydrogen) atoms. The zero-order valence-electron chi connectivity index (χ0n) is 5.26. The lowest BCUT2D eigenvalue weighted by Crippen LogP contribution is -2.26. The van der Waals surface area contributed by atoms with Gasteiger partial charge >= 0.3 is 0 Å². The molecule has 0 saturated heterocycles. The first-order valence-electron chi connectivity index (χ1n) is 2.59. The lowest BCUT2D eigenvalue weighted by Gasteiger charge is -2.12. The summed E-state index contributed by atoms with van der Waals surface area (Å²) in [5.74, 6) is 0. The Hall–Kier alpha value is -0.150. The Kier molecular flexibility index (Phi) is 3.73. The standard InChI is InChI=1S/C5H12FNO/c1-5(8)3-7(2)4-6/h5,8H,3-4H2,1-2H3. The van der Waals surface area contributed by atoms with Crippen molar-refractivity contribution in [1.82, 2.24) is 4.90 Å². The van der Waals surface area contributed by atoms with E-state index in [-0.39, 0.29) is 0 Å². The first kappa shape index (κ1) is 7.85. The predicted molar refractivity (Wildman–Crippen MR) is 30.3 cm³/mol. The molecule has 0 aliphatic carbocycles. The van der Waals surface area contributed by atoms with Crippen LogP contribution in [-0.4, -0.2) is 36.5 Å². The van der Waals surface area contributed by atoms with Crippen LogP contribution < -0.4 is 0 Å². The molecule has 50 valence electrons. The molecule has 0 aromatic rings. The van der Waals surface area contributed by atoms with E-state index >= 15 is 0 Å². The highest BCUT2D eigenvalue weighted by molar-refractivity contribution is 4.49. The van der Waals surface area contributed by atoms with Gasteiger partial charge in [-0.3, -0.25) is 4.90 Å². The number of nitrogens with zero attached hydrogens (tertiary/aromatic N) is 1. The van der Waals surface area contributed by atoms with Crippen LogP contribution in [0.1, 0.15) is 6.92 Å². The molecule has 1 atom stereocenters. The first-order chi connectivity index (χ1) is 3.66. The molecule has 0 heterocycles. The Morgan fingerprint density at radius 1 is 1.75 bits per heavy atom. The number of halogens is 1. The third-order valence-corrected chi connectivity index (χ3v) is 0.780. The lowest BCUT2D eigenvalue weighted by atomic mass is 10.4. The van der Waals surface area contributed by atoms with Crippen molar-refractivity contribution in [1.29, 1.82) is 0 Å². The van der Waals surface area contributed by atoms with Crippen molar-refractivity contribution in [3.8, 4) is 0 Å². The molecule has 0 fully saturated rings. The quantitative estimate of drug-likeness (QED) is 0.540. The van der Waals surface area contributed by atoms with E-state index in [2.05, 4.69) is 0 Å². The second-order valence-electron chi connectivity index (χ2n) is 2.01. The van der Waals surface area contributed by atoms with Crippen molar-refractivity contribution in [2.75, 3.05) is 20.4 Å². The van der Waals surface area contributed by atoms with Crippen molar-refractivity contribution in [3.05, 3.63) is 0 Å². The zero-order chi connectivity index (χ0) is 6.57. The molecule has 1 unspecified atom stereocenters. The van der Waals surface area contributed by atoms with Gasteiger partial charge in [-0.25, -0.2) is 4.39 Å². The minimum Gasteiger partial charge on any atom is -0.392 e. The molecule has 2 nitrogen and oxygen atoms in total. The molecular formula is C5H12FNO. The fourth-order valence-corrected chi connectivity index (χ4v) is 0.500. The summed E-state index contributed by atoms with van der Waals surface area (Å²) >= 11 is 0. The number of alkyl halides is 1. The van der Waals surface area contributed by atoms with Crippen LogP contribution in [0.25, 0.3) is 0 Å². The van der Waals surface area contributed by atoms with Gasteiger partial charge in [0, 0.05) is 6.54 Å². The number of hydrogen-bond donors (Lipinski definition) is 1. The molecule has 0 spiro atoms. The maximum absolute atomic E-state index is 11.6. The second-order valence-corrected chi connectivity index (χ2v) is 2.01. The van der Waals surface area contributed by atoms with Crippen molar-refractivity contribution in [3.63, 3.8) is 0 Å². The van der Waals surface area contributed by atoms with E-state index in [0.717, 1.165) is 0 Å². The smallest absolute Gasteiger partial charge is 0.142 e. The highest BCUT2D eigenvalue weighted by atomic mass is 19.1. The number of aliphatic hydroxyl groups is 1. The second kappa shape index (κ2) is 3.80. The predicted octanol–water partition coefficient (Wildman–Crippen LogP) is 0.226. The fraction of sp³-hybridized carbons (Fsp3) is 1.00. The molecule has 0 rings (SSSR count). The van der Waals surface area contributed by atoms with Crippen LogP contribution in [-0.2, 0) is 0 Å². The van der Waals surface area contributed by atoms with E-state index in [9.17, 15) is 4.39 Å². The van der Waals surface area contributed by atoms with Gasteiger partial charge in [0.1, 0.15) is 6.80 Å². The lowest BCUT2D eigenvalue weighted by molar-refractivity contribution is 0.116. The maximum atomic E-state index is 11.6. The van der Waals surface area contributed by atoms with Crippen LogP contribution >= 0.6 is 0 Å². The van der Waals surface area contributed by atoms with Gasteiger partial charge < -0.3 is 5.11 Å². The fourth-order valence-electron chi connectivity index (χ4n) is 0.500. The van der Waals surface area contributed by atoms with E-state index in [4.69, 9.17) is 5.11 Å². The van der Waals surface area contributed by atoms with Gasteiger partial charge in [-0.1, -0.05) is 0 Å². The van der Waals surface area contributed by atoms with Crippen molar-refractivity contribution < 1.29 is 9.50 Å². The molecule has 0 radical (unpaired) electrons. The SMILES string of the molecule is CC(O)CN(C)CF. The van der Waals surface area contributed by atoms with Crippen molar-refractivity contribution >= 4 is 0 Å². The molecule has 0 aliphatic rings. The van der Waals surface area contributed by atoms with Crippen LogP contribution in [0.2, 0.25) is 0 Å². The van der Waals surface area contributed by atoms with E-state index in [1.807, 2.05) is 0 Å². The average molecular weight is 121 g/mol. The van der Waals surface area contributed by atoms with E-state index < -0.39 is 12.9 Å². The Morgan fingerprint density at radius 2 is 2.25 bits per heavy atom.